The zero-order valence-corrected chi connectivity index (χ0v) is 15.2. The molecule has 24 heavy (non-hydrogen) atoms. The molecule has 0 radical (unpaired) electrons. The van der Waals surface area contributed by atoms with Crippen LogP contribution >= 0.6 is 11.3 Å². The van der Waals surface area contributed by atoms with Crippen LogP contribution in [0.25, 0.3) is 0 Å². The van der Waals surface area contributed by atoms with Gasteiger partial charge >= 0.3 is 0 Å². The van der Waals surface area contributed by atoms with E-state index in [2.05, 4.69) is 34.4 Å². The van der Waals surface area contributed by atoms with Gasteiger partial charge in [0.25, 0.3) is 5.91 Å². The maximum Gasteiger partial charge on any atom is 0.287 e. The Morgan fingerprint density at radius 3 is 2.83 bits per heavy atom. The summed E-state index contributed by atoms with van der Waals surface area (Å²) in [6.45, 7) is 7.69. The molecule has 5 nitrogen and oxygen atoms in total. The van der Waals surface area contributed by atoms with Gasteiger partial charge in [0.1, 0.15) is 10.8 Å². The molecule has 1 saturated heterocycles. The van der Waals surface area contributed by atoms with Crippen LogP contribution < -0.4 is 5.32 Å². The van der Waals surface area contributed by atoms with E-state index >= 15 is 0 Å². The number of nitrogens with one attached hydrogen (secondary N) is 1. The molecule has 1 aliphatic heterocycles. The van der Waals surface area contributed by atoms with Gasteiger partial charge in [-0.1, -0.05) is 20.3 Å². The number of carbonyl (C=O) groups excluding carboxylic acids is 1. The Kier molecular flexibility index (Phi) is 5.68. The summed E-state index contributed by atoms with van der Waals surface area (Å²) in [5, 5.41) is 5.86. The van der Waals surface area contributed by atoms with E-state index in [1.807, 2.05) is 6.07 Å². The lowest BCUT2D eigenvalue weighted by atomic mass is 10.1. The van der Waals surface area contributed by atoms with Crippen molar-refractivity contribution in [2.75, 3.05) is 13.1 Å². The van der Waals surface area contributed by atoms with Crippen molar-refractivity contribution in [1.82, 2.24) is 15.2 Å². The minimum atomic E-state index is -0.179. The maximum absolute atomic E-state index is 12.2. The lowest BCUT2D eigenvalue weighted by Gasteiger charge is -2.25. The van der Waals surface area contributed by atoms with E-state index in [9.17, 15) is 4.79 Å². The minimum Gasteiger partial charge on any atom is -0.455 e. The number of piperidine rings is 1. The van der Waals surface area contributed by atoms with E-state index in [0.29, 0.717) is 18.2 Å². The van der Waals surface area contributed by atoms with Gasteiger partial charge in [0.05, 0.1) is 18.8 Å². The molecular formula is C18H25N3O2S. The number of carbonyl (C=O) groups is 1. The molecule has 0 spiro atoms. The lowest BCUT2D eigenvalue weighted by molar-refractivity contribution is 0.0918. The first-order chi connectivity index (χ1) is 11.6. The quantitative estimate of drug-likeness (QED) is 0.864. The Labute approximate surface area is 147 Å². The first kappa shape index (κ1) is 17.2. The number of likely N-dealkylation sites (tertiary alicyclic amines) is 1. The van der Waals surface area contributed by atoms with E-state index < -0.39 is 0 Å². The normalized spacial score (nSPS) is 15.8. The molecule has 0 bridgehead atoms. The van der Waals surface area contributed by atoms with Crippen LogP contribution in [0.3, 0.4) is 0 Å². The van der Waals surface area contributed by atoms with Gasteiger partial charge in [0.2, 0.25) is 0 Å². The molecule has 0 saturated carbocycles. The third-order valence-corrected chi connectivity index (χ3v) is 5.14. The van der Waals surface area contributed by atoms with Gasteiger partial charge in [0.15, 0.2) is 5.76 Å². The van der Waals surface area contributed by atoms with Gasteiger partial charge in [-0.15, -0.1) is 11.3 Å². The second-order valence-electron chi connectivity index (χ2n) is 6.61. The molecule has 3 rings (SSSR count). The highest BCUT2D eigenvalue weighted by Gasteiger charge is 2.15. The van der Waals surface area contributed by atoms with Crippen LogP contribution in [0.15, 0.2) is 21.9 Å². The number of amides is 1. The van der Waals surface area contributed by atoms with Crippen molar-refractivity contribution in [3.63, 3.8) is 0 Å². The third kappa shape index (κ3) is 4.45. The van der Waals surface area contributed by atoms with Crippen LogP contribution in [0.4, 0.5) is 0 Å². The number of hydrogen-bond acceptors (Lipinski definition) is 5. The molecule has 3 heterocycles. The van der Waals surface area contributed by atoms with Crippen LogP contribution in [0.1, 0.15) is 66.0 Å². The highest BCUT2D eigenvalue weighted by Crippen LogP contribution is 2.18. The first-order valence-corrected chi connectivity index (χ1v) is 9.53. The molecule has 6 heteroatoms. The Bertz CT molecular complexity index is 671. The number of hydrogen-bond donors (Lipinski definition) is 1. The topological polar surface area (TPSA) is 58.4 Å². The van der Waals surface area contributed by atoms with Gasteiger partial charge in [0, 0.05) is 5.38 Å². The standard InChI is InChI=1S/C18H25N3O2S/c1-13(2)15-12-24-17(20-15)10-19-18(22)16-7-6-14(23-16)11-21-8-4-3-5-9-21/h6-7,12-13H,3-5,8-11H2,1-2H3,(H,19,22). The maximum atomic E-state index is 12.2. The van der Waals surface area contributed by atoms with Crippen LogP contribution in [0, 0.1) is 0 Å². The van der Waals surface area contributed by atoms with Crippen LogP contribution in [-0.2, 0) is 13.1 Å². The van der Waals surface area contributed by atoms with Crippen molar-refractivity contribution in [3.05, 3.63) is 39.7 Å². The zero-order valence-electron chi connectivity index (χ0n) is 14.4. The molecule has 0 unspecified atom stereocenters. The highest BCUT2D eigenvalue weighted by atomic mass is 32.1. The second kappa shape index (κ2) is 7.94. The van der Waals surface area contributed by atoms with Gasteiger partial charge in [-0.05, 0) is 44.0 Å². The minimum absolute atomic E-state index is 0.179. The summed E-state index contributed by atoms with van der Waals surface area (Å²) in [5.74, 6) is 1.47. The summed E-state index contributed by atoms with van der Waals surface area (Å²) in [4.78, 5) is 19.1. The number of rotatable bonds is 6. The van der Waals surface area contributed by atoms with Crippen LogP contribution in [0.2, 0.25) is 0 Å². The van der Waals surface area contributed by atoms with Gasteiger partial charge in [-0.25, -0.2) is 4.98 Å². The molecule has 1 N–H and O–H groups in total. The molecule has 1 amide bonds. The Morgan fingerprint density at radius 2 is 2.12 bits per heavy atom. The molecule has 0 aromatic carbocycles. The Morgan fingerprint density at radius 1 is 1.33 bits per heavy atom. The second-order valence-corrected chi connectivity index (χ2v) is 7.55. The van der Waals surface area contributed by atoms with Crippen molar-refractivity contribution in [2.45, 2.75) is 52.1 Å². The number of nitrogens with zero attached hydrogens (tertiary/aromatic N) is 2. The molecule has 2 aromatic heterocycles. The summed E-state index contributed by atoms with van der Waals surface area (Å²) in [6.07, 6.45) is 3.82. The summed E-state index contributed by atoms with van der Waals surface area (Å²) < 4.78 is 5.71. The average Bonchev–Trinajstić information content (AvgIpc) is 3.23. The smallest absolute Gasteiger partial charge is 0.287 e. The average molecular weight is 347 g/mol. The molecule has 2 aromatic rings. The largest absolute Gasteiger partial charge is 0.455 e. The summed E-state index contributed by atoms with van der Waals surface area (Å²) in [7, 11) is 0. The number of furan rings is 1. The molecular weight excluding hydrogens is 322 g/mol. The SMILES string of the molecule is CC(C)c1csc(CNC(=O)c2ccc(CN3CCCCC3)o2)n1. The number of aromatic nitrogens is 1. The van der Waals surface area contributed by atoms with Crippen molar-refractivity contribution in [2.24, 2.45) is 0 Å². The summed E-state index contributed by atoms with van der Waals surface area (Å²) in [6, 6.07) is 3.67. The highest BCUT2D eigenvalue weighted by molar-refractivity contribution is 7.09. The Hall–Kier alpha value is -1.66. The monoisotopic (exact) mass is 347 g/mol. The van der Waals surface area contributed by atoms with Gasteiger partial charge in [-0.2, -0.15) is 0 Å². The van der Waals surface area contributed by atoms with Gasteiger partial charge < -0.3 is 9.73 Å². The zero-order chi connectivity index (χ0) is 16.9. The van der Waals surface area contributed by atoms with Crippen molar-refractivity contribution in [3.8, 4) is 0 Å². The fourth-order valence-electron chi connectivity index (χ4n) is 2.84. The lowest BCUT2D eigenvalue weighted by Crippen LogP contribution is -2.28. The molecule has 0 atom stereocenters. The van der Waals surface area contributed by atoms with E-state index in [1.54, 1.807) is 17.4 Å². The molecule has 1 fully saturated rings. The summed E-state index contributed by atoms with van der Waals surface area (Å²) in [5.41, 5.74) is 1.08. The van der Waals surface area contributed by atoms with E-state index in [-0.39, 0.29) is 5.91 Å². The van der Waals surface area contributed by atoms with Crippen molar-refractivity contribution in [1.29, 1.82) is 0 Å². The number of thiazole rings is 1. The van der Waals surface area contributed by atoms with Crippen molar-refractivity contribution >= 4 is 17.2 Å². The Balaban J connectivity index is 1.51. The molecule has 0 aliphatic carbocycles. The van der Waals surface area contributed by atoms with Crippen LogP contribution in [-0.4, -0.2) is 28.9 Å². The molecule has 130 valence electrons. The fourth-order valence-corrected chi connectivity index (χ4v) is 3.73. The predicted octanol–water partition coefficient (Wildman–Crippen LogP) is 3.78. The summed E-state index contributed by atoms with van der Waals surface area (Å²) >= 11 is 1.58. The van der Waals surface area contributed by atoms with E-state index in [1.165, 1.54) is 19.3 Å². The molecule has 1 aliphatic rings. The van der Waals surface area contributed by atoms with E-state index in [0.717, 1.165) is 36.1 Å². The van der Waals surface area contributed by atoms with E-state index in [4.69, 9.17) is 4.42 Å². The van der Waals surface area contributed by atoms with Gasteiger partial charge in [-0.3, -0.25) is 9.69 Å². The third-order valence-electron chi connectivity index (χ3n) is 4.27. The first-order valence-electron chi connectivity index (χ1n) is 8.65. The fraction of sp³-hybridized carbons (Fsp3) is 0.556. The van der Waals surface area contributed by atoms with Crippen LogP contribution in [0.5, 0.6) is 0 Å². The predicted molar refractivity (Wildman–Crippen MR) is 95.2 cm³/mol. The van der Waals surface area contributed by atoms with Crippen molar-refractivity contribution < 1.29 is 9.21 Å².